The number of nitrogens with one attached hydrogen (secondary N) is 2. The molecule has 0 saturated heterocycles. The summed E-state index contributed by atoms with van der Waals surface area (Å²) >= 11 is 13.0. The van der Waals surface area contributed by atoms with Crippen LogP contribution in [0.4, 0.5) is 56.9 Å². The second-order valence-electron chi connectivity index (χ2n) is 36.7. The Kier molecular flexibility index (Phi) is 37.3. The zero-order valence-corrected chi connectivity index (χ0v) is 88.4. The van der Waals surface area contributed by atoms with Gasteiger partial charge in [0.25, 0.3) is 0 Å². The molecule has 0 aliphatic carbocycles. The molecule has 0 saturated carbocycles. The topological polar surface area (TPSA) is 30.5 Å². The van der Waals surface area contributed by atoms with E-state index in [1.54, 1.807) is 0 Å². The van der Waals surface area contributed by atoms with E-state index < -0.39 is 0 Å². The van der Waals surface area contributed by atoms with Crippen molar-refractivity contribution < 1.29 is 0 Å². The Hall–Kier alpha value is -11.9. The molecular weight excluding hydrogens is 1980 g/mol. The van der Waals surface area contributed by atoms with Gasteiger partial charge in [0, 0.05) is 73.9 Å². The highest BCUT2D eigenvalue weighted by Gasteiger charge is 2.23. The van der Waals surface area contributed by atoms with Crippen molar-refractivity contribution in [2.45, 2.75) is 184 Å². The third-order valence-electron chi connectivity index (χ3n) is 26.3. The summed E-state index contributed by atoms with van der Waals surface area (Å²) in [6, 6.07) is 142. The molecule has 0 amide bonds. The van der Waals surface area contributed by atoms with Crippen molar-refractivity contribution in [3.63, 3.8) is 0 Å². The fourth-order valence-corrected chi connectivity index (χ4v) is 20.2. The van der Waals surface area contributed by atoms with Crippen molar-refractivity contribution in [1.29, 1.82) is 0 Å². The molecule has 17 rings (SSSR count). The van der Waals surface area contributed by atoms with E-state index in [1.165, 1.54) is 227 Å². The zero-order chi connectivity index (χ0) is 95.9. The maximum Gasteiger partial charge on any atom is 0.0467 e. The Balaban J connectivity index is 0.000000197. The molecule has 0 aromatic heterocycles. The second-order valence-corrected chi connectivity index (χ2v) is 40.7. The standard InChI is InChI=1S/C68H66Br2N2.C56H60N2.C6H4BrI/c1-5-7-9-13-25-55-47-68(54-28-20-30-62(46-54)72(60-37-33-58(70)34-38-60)64-40-42-66(50(4)44-64)52-23-17-12-18-24-52)56(26-14-10-8-6-2)48-67(55)53-27-19-29-61(45-53)71(59-35-31-57(69)32-36-59)63-39-41-65(49(3)43-63)51-21-15-11-16-22-51;1-5-7-9-13-25-47-39-56(46-28-20-30-50(38-46)58-52-32-34-54(42(4)36-52)44-23-17-12-18-24-44)48(26-14-10-8-6-2)40-55(47)45-27-19-29-49(37-45)57-51-31-33-53(41(3)35-51)43-21-15-11-16-22-43;7-5-1-3-6(8)4-2-5/h11-12,15-24,27-48H,5-10,13-14,25-26H2,1-4H3;11-12,15-24,27-40,57-58H,5-10,13-14,25-26H2,1-4H3;1-4H. The van der Waals surface area contributed by atoms with Gasteiger partial charge in [-0.2, -0.15) is 0 Å². The molecule has 698 valence electrons. The van der Waals surface area contributed by atoms with Gasteiger partial charge in [0.15, 0.2) is 0 Å². The van der Waals surface area contributed by atoms with Gasteiger partial charge in [-0.1, -0.05) is 371 Å². The maximum atomic E-state index is 3.75. The molecule has 0 radical (unpaired) electrons. The van der Waals surface area contributed by atoms with E-state index in [-0.39, 0.29) is 0 Å². The van der Waals surface area contributed by atoms with Crippen LogP contribution in [0.2, 0.25) is 0 Å². The average Bonchev–Trinajstić information content (AvgIpc) is 0.760. The second kappa shape index (κ2) is 51.1. The molecule has 0 spiro atoms. The van der Waals surface area contributed by atoms with Crippen LogP contribution in [0.1, 0.15) is 175 Å². The lowest BCUT2D eigenvalue weighted by Crippen LogP contribution is -2.10. The summed E-state index contributed by atoms with van der Waals surface area (Å²) in [5.74, 6) is 0. The van der Waals surface area contributed by atoms with Gasteiger partial charge >= 0.3 is 0 Å². The first kappa shape index (κ1) is 101. The molecule has 4 nitrogen and oxygen atoms in total. The molecule has 0 bridgehead atoms. The number of anilines is 10. The lowest BCUT2D eigenvalue weighted by atomic mass is 9.86. The van der Waals surface area contributed by atoms with E-state index in [0.717, 1.165) is 109 Å². The highest BCUT2D eigenvalue weighted by atomic mass is 127. The zero-order valence-electron chi connectivity index (χ0n) is 81.5. The van der Waals surface area contributed by atoms with Gasteiger partial charge in [0.05, 0.1) is 0 Å². The van der Waals surface area contributed by atoms with E-state index in [1.807, 2.05) is 12.1 Å². The van der Waals surface area contributed by atoms with Crippen molar-refractivity contribution in [2.75, 3.05) is 20.4 Å². The minimum absolute atomic E-state index is 1.02. The van der Waals surface area contributed by atoms with Gasteiger partial charge in [-0.3, -0.25) is 0 Å². The van der Waals surface area contributed by atoms with Crippen molar-refractivity contribution in [2.24, 2.45) is 0 Å². The van der Waals surface area contributed by atoms with Gasteiger partial charge in [0.2, 0.25) is 0 Å². The molecule has 17 aromatic carbocycles. The monoisotopic (exact) mass is 2110 g/mol. The minimum atomic E-state index is 1.02. The van der Waals surface area contributed by atoms with Gasteiger partial charge in [-0.25, -0.2) is 0 Å². The molecule has 0 aliphatic heterocycles. The first-order valence-electron chi connectivity index (χ1n) is 50.0. The number of nitrogens with zero attached hydrogens (tertiary/aromatic N) is 2. The molecule has 8 heteroatoms. The molecule has 0 atom stereocenters. The first-order chi connectivity index (χ1) is 67.5. The molecule has 17 aromatic rings. The molecular formula is C130H130Br3IN4. The summed E-state index contributed by atoms with van der Waals surface area (Å²) in [7, 11) is 0. The molecule has 0 aliphatic rings. The lowest BCUT2D eigenvalue weighted by molar-refractivity contribution is 0.664. The Bertz CT molecular complexity index is 6370. The van der Waals surface area contributed by atoms with Crippen LogP contribution in [-0.4, -0.2) is 0 Å². The number of aryl methyl sites for hydroxylation is 8. The number of unbranched alkanes of at least 4 members (excludes halogenated alkanes) is 12. The van der Waals surface area contributed by atoms with Crippen LogP contribution in [0.25, 0.3) is 89.0 Å². The van der Waals surface area contributed by atoms with Crippen LogP contribution in [0, 0.1) is 31.3 Å². The largest absolute Gasteiger partial charge is 0.356 e. The van der Waals surface area contributed by atoms with E-state index in [9.17, 15) is 0 Å². The predicted molar refractivity (Wildman–Crippen MR) is 618 cm³/mol. The normalized spacial score (nSPS) is 11.0. The Morgan fingerprint density at radius 3 is 0.732 bits per heavy atom. The van der Waals surface area contributed by atoms with Crippen molar-refractivity contribution in [1.82, 2.24) is 0 Å². The summed E-state index contributed by atoms with van der Waals surface area (Å²) in [6.45, 7) is 18.1. The summed E-state index contributed by atoms with van der Waals surface area (Å²) in [4.78, 5) is 4.83. The van der Waals surface area contributed by atoms with Crippen LogP contribution in [0.3, 0.4) is 0 Å². The van der Waals surface area contributed by atoms with Gasteiger partial charge in [-0.15, -0.1) is 0 Å². The van der Waals surface area contributed by atoms with Crippen LogP contribution in [0.5, 0.6) is 0 Å². The van der Waals surface area contributed by atoms with Gasteiger partial charge in [0.1, 0.15) is 0 Å². The SMILES string of the molecule is Brc1ccc(I)cc1.CCCCCCc1cc(-c2cccc(N(c3ccc(Br)cc3)c3ccc(-c4ccccc4)c(C)c3)c2)c(CCCCCC)cc1-c1cccc(N(c2ccc(Br)cc2)c2ccc(-c3ccccc3)c(C)c2)c1.CCCCCCc1cc(-c2cccc(Nc3ccc(-c4ccccc4)c(C)c3)c2)c(CCCCCC)cc1-c1cccc(Nc2ccc(-c3ccccc3)c(C)c2)c1. The highest BCUT2D eigenvalue weighted by Crippen LogP contribution is 2.46. The number of hydrogen-bond acceptors (Lipinski definition) is 4. The summed E-state index contributed by atoms with van der Waals surface area (Å²) in [6.07, 6.45) is 23.8. The number of halogens is 4. The van der Waals surface area contributed by atoms with E-state index in [2.05, 4.69) is 522 Å². The molecule has 0 unspecified atom stereocenters. The third-order valence-corrected chi connectivity index (χ3v) is 28.6. The first-order valence-corrected chi connectivity index (χ1v) is 53.5. The lowest BCUT2D eigenvalue weighted by Gasteiger charge is -2.28. The Morgan fingerprint density at radius 1 is 0.203 bits per heavy atom. The summed E-state index contributed by atoms with van der Waals surface area (Å²) in [5.41, 5.74) is 42.5. The quantitative estimate of drug-likeness (QED) is 0.0298. The van der Waals surface area contributed by atoms with Crippen LogP contribution >= 0.6 is 70.4 Å². The fraction of sp³-hybridized carbons (Fsp3) is 0.215. The van der Waals surface area contributed by atoms with Gasteiger partial charge < -0.3 is 20.4 Å². The molecule has 2 N–H and O–H groups in total. The van der Waals surface area contributed by atoms with Crippen molar-refractivity contribution >= 4 is 127 Å². The van der Waals surface area contributed by atoms with Gasteiger partial charge in [-0.05, 0) is 405 Å². The van der Waals surface area contributed by atoms with E-state index in [4.69, 9.17) is 0 Å². The summed E-state index contributed by atoms with van der Waals surface area (Å²) in [5, 5.41) is 7.49. The Morgan fingerprint density at radius 2 is 0.449 bits per heavy atom. The van der Waals surface area contributed by atoms with Crippen LogP contribution < -0.4 is 20.4 Å². The van der Waals surface area contributed by atoms with Crippen LogP contribution in [0.15, 0.2) is 402 Å². The van der Waals surface area contributed by atoms with Crippen molar-refractivity contribution in [3.8, 4) is 89.0 Å². The maximum absolute atomic E-state index is 3.75. The minimum Gasteiger partial charge on any atom is -0.356 e. The van der Waals surface area contributed by atoms with Crippen molar-refractivity contribution in [3.05, 3.63) is 450 Å². The smallest absolute Gasteiger partial charge is 0.0467 e. The molecule has 138 heavy (non-hydrogen) atoms. The average molecular weight is 2120 g/mol. The molecule has 0 heterocycles. The van der Waals surface area contributed by atoms with E-state index >= 15 is 0 Å². The summed E-state index contributed by atoms with van der Waals surface area (Å²) < 4.78 is 4.53. The number of benzene rings is 17. The third kappa shape index (κ3) is 27.4. The molecule has 0 fully saturated rings. The fourth-order valence-electron chi connectivity index (χ4n) is 19.1. The predicted octanol–water partition coefficient (Wildman–Crippen LogP) is 41.4. The van der Waals surface area contributed by atoms with E-state index in [0.29, 0.717) is 0 Å². The Labute approximate surface area is 862 Å². The highest BCUT2D eigenvalue weighted by molar-refractivity contribution is 14.1. The number of hydrogen-bond donors (Lipinski definition) is 2. The van der Waals surface area contributed by atoms with Crippen LogP contribution in [-0.2, 0) is 25.7 Å². The number of rotatable bonds is 38.